The summed E-state index contributed by atoms with van der Waals surface area (Å²) in [5.74, 6) is 3.07. The van der Waals surface area contributed by atoms with Crippen LogP contribution in [0.25, 0.3) is 0 Å². The van der Waals surface area contributed by atoms with Crippen molar-refractivity contribution in [2.45, 2.75) is 84.3 Å². The maximum Gasteiger partial charge on any atom is 0.0686 e. The highest BCUT2D eigenvalue weighted by molar-refractivity contribution is 5.08. The Morgan fingerprint density at radius 2 is 1.50 bits per heavy atom. The molecule has 0 heterocycles. The highest BCUT2D eigenvalue weighted by Gasteiger charge is 2.57. The zero-order valence-corrected chi connectivity index (χ0v) is 12.7. The van der Waals surface area contributed by atoms with Crippen LogP contribution in [-0.4, -0.2) is 11.7 Å². The van der Waals surface area contributed by atoms with Crippen molar-refractivity contribution in [3.8, 4) is 0 Å². The second kappa shape index (κ2) is 4.23. The highest BCUT2D eigenvalue weighted by atomic mass is 16.5. The van der Waals surface area contributed by atoms with Gasteiger partial charge in [-0.25, -0.2) is 0 Å². The van der Waals surface area contributed by atoms with Crippen LogP contribution in [0.5, 0.6) is 0 Å². The summed E-state index contributed by atoms with van der Waals surface area (Å²) in [7, 11) is 0. The molecule has 4 aliphatic rings. The van der Waals surface area contributed by atoms with Crippen molar-refractivity contribution in [3.63, 3.8) is 0 Å². The Morgan fingerprint density at radius 1 is 1.06 bits per heavy atom. The van der Waals surface area contributed by atoms with E-state index in [1.54, 1.807) is 0 Å². The average Bonchev–Trinajstić information content (AvgIpc) is 2.26. The Labute approximate surface area is 113 Å². The van der Waals surface area contributed by atoms with E-state index >= 15 is 0 Å². The van der Waals surface area contributed by atoms with Crippen molar-refractivity contribution in [1.29, 1.82) is 0 Å². The molecule has 4 saturated carbocycles. The van der Waals surface area contributed by atoms with Crippen LogP contribution >= 0.6 is 0 Å². The van der Waals surface area contributed by atoms with Crippen molar-refractivity contribution in [2.75, 3.05) is 0 Å². The number of ether oxygens (including phenoxy) is 1. The second-order valence-electron chi connectivity index (χ2n) is 8.04. The fraction of sp³-hybridized carbons (Fsp3) is 1.00. The summed E-state index contributed by atoms with van der Waals surface area (Å²) < 4.78 is 6.47. The molecule has 0 aliphatic heterocycles. The van der Waals surface area contributed by atoms with E-state index in [-0.39, 0.29) is 5.60 Å². The first-order chi connectivity index (χ1) is 8.44. The lowest BCUT2D eigenvalue weighted by Crippen LogP contribution is -2.57. The monoisotopic (exact) mass is 250 g/mol. The van der Waals surface area contributed by atoms with E-state index in [9.17, 15) is 0 Å². The minimum atomic E-state index is 0.0818. The zero-order chi connectivity index (χ0) is 13.0. The SMILES string of the molecule is CCC(C)OC(C)(C)C12CC3CC(CC(C3)C1)C2. The molecule has 1 unspecified atom stereocenters. The van der Waals surface area contributed by atoms with E-state index in [2.05, 4.69) is 27.7 Å². The molecule has 0 aromatic rings. The van der Waals surface area contributed by atoms with Gasteiger partial charge in [0.15, 0.2) is 0 Å². The average molecular weight is 250 g/mol. The molecule has 0 amide bonds. The van der Waals surface area contributed by atoms with E-state index in [1.165, 1.54) is 38.5 Å². The van der Waals surface area contributed by atoms with Gasteiger partial charge in [0.25, 0.3) is 0 Å². The first-order valence-electron chi connectivity index (χ1n) is 8.12. The molecule has 1 atom stereocenters. The van der Waals surface area contributed by atoms with Gasteiger partial charge in [-0.05, 0) is 88.9 Å². The third-order valence-corrected chi connectivity index (χ3v) is 6.39. The predicted octanol–water partition coefficient (Wildman–Crippen LogP) is 4.80. The summed E-state index contributed by atoms with van der Waals surface area (Å²) in [5, 5.41) is 0. The Kier molecular flexibility index (Phi) is 3.05. The molecule has 0 aromatic heterocycles. The maximum absolute atomic E-state index is 6.47. The summed E-state index contributed by atoms with van der Waals surface area (Å²) in [5.41, 5.74) is 0.587. The fourth-order valence-corrected chi connectivity index (χ4v) is 5.56. The van der Waals surface area contributed by atoms with Crippen molar-refractivity contribution in [3.05, 3.63) is 0 Å². The maximum atomic E-state index is 6.47. The summed E-state index contributed by atoms with van der Waals surface area (Å²) in [6.07, 6.45) is 10.5. The number of hydrogen-bond donors (Lipinski definition) is 0. The molecule has 1 heteroatoms. The molecule has 1 nitrogen and oxygen atoms in total. The molecular formula is C17H30O. The van der Waals surface area contributed by atoms with Gasteiger partial charge in [0.1, 0.15) is 0 Å². The number of rotatable bonds is 4. The van der Waals surface area contributed by atoms with Gasteiger partial charge >= 0.3 is 0 Å². The van der Waals surface area contributed by atoms with Crippen LogP contribution in [-0.2, 0) is 4.74 Å². The lowest BCUT2D eigenvalue weighted by molar-refractivity contribution is -0.204. The van der Waals surface area contributed by atoms with Crippen LogP contribution in [0, 0.1) is 23.2 Å². The third kappa shape index (κ3) is 1.94. The van der Waals surface area contributed by atoms with E-state index in [0.717, 1.165) is 24.2 Å². The lowest BCUT2D eigenvalue weighted by Gasteiger charge is -2.62. The molecule has 4 aliphatic carbocycles. The van der Waals surface area contributed by atoms with Gasteiger partial charge in [0, 0.05) is 0 Å². The summed E-state index contributed by atoms with van der Waals surface area (Å²) in [6.45, 7) is 9.24. The van der Waals surface area contributed by atoms with E-state index in [4.69, 9.17) is 4.74 Å². The number of hydrogen-bond acceptors (Lipinski definition) is 1. The van der Waals surface area contributed by atoms with E-state index in [0.29, 0.717) is 11.5 Å². The summed E-state index contributed by atoms with van der Waals surface area (Å²) in [6, 6.07) is 0. The van der Waals surface area contributed by atoms with E-state index < -0.39 is 0 Å². The van der Waals surface area contributed by atoms with Gasteiger partial charge in [0.2, 0.25) is 0 Å². The van der Waals surface area contributed by atoms with Crippen molar-refractivity contribution >= 4 is 0 Å². The minimum absolute atomic E-state index is 0.0818. The summed E-state index contributed by atoms with van der Waals surface area (Å²) in [4.78, 5) is 0. The standard InChI is InChI=1S/C17H30O/c1-5-12(2)18-16(3,4)17-9-13-6-14(10-17)8-15(7-13)11-17/h12-15H,5-11H2,1-4H3. The van der Waals surface area contributed by atoms with Gasteiger partial charge in [-0.1, -0.05) is 6.92 Å². The molecule has 18 heavy (non-hydrogen) atoms. The first-order valence-corrected chi connectivity index (χ1v) is 8.12. The van der Waals surface area contributed by atoms with Crippen LogP contribution in [0.15, 0.2) is 0 Å². The molecule has 104 valence electrons. The predicted molar refractivity (Wildman–Crippen MR) is 75.5 cm³/mol. The van der Waals surface area contributed by atoms with Crippen molar-refractivity contribution < 1.29 is 4.74 Å². The largest absolute Gasteiger partial charge is 0.372 e. The molecule has 0 spiro atoms. The minimum Gasteiger partial charge on any atom is -0.372 e. The molecule has 0 N–H and O–H groups in total. The van der Waals surface area contributed by atoms with Crippen LogP contribution in [0.3, 0.4) is 0 Å². The molecule has 0 saturated heterocycles. The molecule has 0 radical (unpaired) electrons. The van der Waals surface area contributed by atoms with Gasteiger partial charge in [0.05, 0.1) is 11.7 Å². The van der Waals surface area contributed by atoms with Crippen LogP contribution in [0.1, 0.15) is 72.6 Å². The van der Waals surface area contributed by atoms with Gasteiger partial charge in [-0.3, -0.25) is 0 Å². The lowest BCUT2D eigenvalue weighted by atomic mass is 9.46. The smallest absolute Gasteiger partial charge is 0.0686 e. The van der Waals surface area contributed by atoms with Crippen LogP contribution in [0.4, 0.5) is 0 Å². The van der Waals surface area contributed by atoms with Crippen LogP contribution < -0.4 is 0 Å². The Balaban J connectivity index is 1.81. The van der Waals surface area contributed by atoms with Crippen LogP contribution in [0.2, 0.25) is 0 Å². The Morgan fingerprint density at radius 3 is 1.89 bits per heavy atom. The quantitative estimate of drug-likeness (QED) is 0.696. The van der Waals surface area contributed by atoms with Gasteiger partial charge in [-0.2, -0.15) is 0 Å². The molecule has 0 aromatic carbocycles. The third-order valence-electron chi connectivity index (χ3n) is 6.39. The first kappa shape index (κ1) is 13.0. The zero-order valence-electron chi connectivity index (χ0n) is 12.7. The second-order valence-corrected chi connectivity index (χ2v) is 8.04. The molecular weight excluding hydrogens is 220 g/mol. The molecule has 4 fully saturated rings. The highest BCUT2D eigenvalue weighted by Crippen LogP contribution is 2.64. The Bertz CT molecular complexity index is 282. The fourth-order valence-electron chi connectivity index (χ4n) is 5.56. The van der Waals surface area contributed by atoms with E-state index in [1.807, 2.05) is 0 Å². The topological polar surface area (TPSA) is 9.23 Å². The van der Waals surface area contributed by atoms with Gasteiger partial charge < -0.3 is 4.74 Å². The summed E-state index contributed by atoms with van der Waals surface area (Å²) >= 11 is 0. The Hall–Kier alpha value is -0.0400. The normalized spacial score (nSPS) is 44.3. The van der Waals surface area contributed by atoms with Crippen molar-refractivity contribution in [2.24, 2.45) is 23.2 Å². The van der Waals surface area contributed by atoms with Gasteiger partial charge in [-0.15, -0.1) is 0 Å². The molecule has 4 bridgehead atoms. The van der Waals surface area contributed by atoms with Crippen molar-refractivity contribution in [1.82, 2.24) is 0 Å². The molecule has 4 rings (SSSR count).